The molecule has 0 unspecified atom stereocenters. The van der Waals surface area contributed by atoms with Gasteiger partial charge in [-0.15, -0.1) is 0 Å². The van der Waals surface area contributed by atoms with E-state index in [1.165, 1.54) is 6.26 Å². The largest absolute Gasteiger partial charge is 0.389 e. The molecule has 1 aromatic carbocycles. The second-order valence-corrected chi connectivity index (χ2v) is 7.52. The van der Waals surface area contributed by atoms with E-state index >= 15 is 0 Å². The van der Waals surface area contributed by atoms with Gasteiger partial charge in [0, 0.05) is 28.5 Å². The first-order valence-corrected chi connectivity index (χ1v) is 8.57. The van der Waals surface area contributed by atoms with Crippen molar-refractivity contribution in [3.63, 3.8) is 0 Å². The smallest absolute Gasteiger partial charge is 0.147 e. The molecule has 4 nitrogen and oxygen atoms in total. The predicted octanol–water partition coefficient (Wildman–Crippen LogP) is 1.93. The number of nitrogens with two attached hydrogens (primary N) is 1. The Morgan fingerprint density at radius 1 is 1.50 bits per heavy atom. The van der Waals surface area contributed by atoms with Gasteiger partial charge < -0.3 is 11.1 Å². The average Bonchev–Trinajstić information content (AvgIpc) is 2.22. The average molecular weight is 351 g/mol. The van der Waals surface area contributed by atoms with Crippen LogP contribution >= 0.6 is 28.1 Å². The fourth-order valence-corrected chi connectivity index (χ4v) is 2.96. The Morgan fingerprint density at radius 3 is 2.67 bits per heavy atom. The highest BCUT2D eigenvalue weighted by Crippen LogP contribution is 2.21. The van der Waals surface area contributed by atoms with Crippen LogP contribution in [-0.2, 0) is 9.84 Å². The molecule has 0 aliphatic heterocycles. The van der Waals surface area contributed by atoms with Gasteiger partial charge in [-0.2, -0.15) is 0 Å². The molecular formula is C11H15BrN2O2S2. The summed E-state index contributed by atoms with van der Waals surface area (Å²) in [5.74, 6) is 0.187. The molecule has 0 atom stereocenters. The number of halogens is 1. The molecular weight excluding hydrogens is 336 g/mol. The zero-order valence-electron chi connectivity index (χ0n) is 9.94. The van der Waals surface area contributed by atoms with Gasteiger partial charge in [0.15, 0.2) is 0 Å². The number of hydrogen-bond acceptors (Lipinski definition) is 4. The highest BCUT2D eigenvalue weighted by molar-refractivity contribution is 9.10. The molecule has 1 aromatic rings. The van der Waals surface area contributed by atoms with Crippen LogP contribution in [0.5, 0.6) is 0 Å². The Morgan fingerprint density at radius 2 is 2.17 bits per heavy atom. The van der Waals surface area contributed by atoms with Crippen molar-refractivity contribution in [2.75, 3.05) is 23.9 Å². The number of rotatable bonds is 6. The quantitative estimate of drug-likeness (QED) is 0.605. The highest BCUT2D eigenvalue weighted by atomic mass is 79.9. The zero-order chi connectivity index (χ0) is 13.8. The van der Waals surface area contributed by atoms with Crippen LogP contribution in [0.25, 0.3) is 0 Å². The number of thiocarbonyl (C=S) groups is 1. The van der Waals surface area contributed by atoms with E-state index in [0.29, 0.717) is 18.0 Å². The minimum Gasteiger partial charge on any atom is -0.389 e. The molecule has 0 amide bonds. The van der Waals surface area contributed by atoms with Gasteiger partial charge in [-0.25, -0.2) is 8.42 Å². The summed E-state index contributed by atoms with van der Waals surface area (Å²) in [5.41, 5.74) is 7.23. The SMILES string of the molecule is CS(=O)(=O)CCCNc1ccc(C(N)=S)c(Br)c1. The molecule has 0 aromatic heterocycles. The van der Waals surface area contributed by atoms with Gasteiger partial charge in [-0.05, 0) is 40.5 Å². The molecule has 100 valence electrons. The summed E-state index contributed by atoms with van der Waals surface area (Å²) >= 11 is 8.29. The second-order valence-electron chi connectivity index (χ2n) is 3.97. The maximum Gasteiger partial charge on any atom is 0.147 e. The van der Waals surface area contributed by atoms with Crippen LogP contribution in [-0.4, -0.2) is 32.0 Å². The van der Waals surface area contributed by atoms with Gasteiger partial charge in [0.05, 0.1) is 5.75 Å². The molecule has 0 aliphatic carbocycles. The fourth-order valence-electron chi connectivity index (χ4n) is 1.39. The third-order valence-electron chi connectivity index (χ3n) is 2.26. The van der Waals surface area contributed by atoms with Crippen LogP contribution in [0.3, 0.4) is 0 Å². The first-order chi connectivity index (χ1) is 8.29. The summed E-state index contributed by atoms with van der Waals surface area (Å²) < 4.78 is 22.7. The topological polar surface area (TPSA) is 72.2 Å². The second kappa shape index (κ2) is 6.49. The van der Waals surface area contributed by atoms with Crippen LogP contribution in [0.2, 0.25) is 0 Å². The van der Waals surface area contributed by atoms with Gasteiger partial charge in [0.1, 0.15) is 14.8 Å². The lowest BCUT2D eigenvalue weighted by atomic mass is 10.2. The molecule has 0 fully saturated rings. The van der Waals surface area contributed by atoms with Gasteiger partial charge >= 0.3 is 0 Å². The van der Waals surface area contributed by atoms with E-state index in [4.69, 9.17) is 18.0 Å². The summed E-state index contributed by atoms with van der Waals surface area (Å²) in [6.45, 7) is 0.603. The lowest BCUT2D eigenvalue weighted by Gasteiger charge is -2.08. The molecule has 3 N–H and O–H groups in total. The summed E-state index contributed by atoms with van der Waals surface area (Å²) in [4.78, 5) is 0.338. The number of benzene rings is 1. The monoisotopic (exact) mass is 350 g/mol. The number of nitrogens with one attached hydrogen (secondary N) is 1. The molecule has 0 radical (unpaired) electrons. The number of hydrogen-bond donors (Lipinski definition) is 2. The highest BCUT2D eigenvalue weighted by Gasteiger charge is 2.04. The summed E-state index contributed by atoms with van der Waals surface area (Å²) in [5, 5.41) is 3.15. The lowest BCUT2D eigenvalue weighted by molar-refractivity contribution is 0.600. The molecule has 0 aliphatic rings. The number of anilines is 1. The van der Waals surface area contributed by atoms with E-state index in [0.717, 1.165) is 15.7 Å². The standard InChI is InChI=1S/C11H15BrN2O2S2/c1-18(15,16)6-2-5-14-8-3-4-9(11(13)17)10(12)7-8/h3-4,7,14H,2,5-6H2,1H3,(H2,13,17). The minimum atomic E-state index is -2.89. The molecule has 0 bridgehead atoms. The molecule has 0 spiro atoms. The summed E-state index contributed by atoms with van der Waals surface area (Å²) in [6, 6.07) is 5.56. The first kappa shape index (κ1) is 15.4. The van der Waals surface area contributed by atoms with Crippen molar-refractivity contribution < 1.29 is 8.42 Å². The number of sulfone groups is 1. The van der Waals surface area contributed by atoms with E-state index in [1.54, 1.807) is 0 Å². The minimum absolute atomic E-state index is 0.187. The summed E-state index contributed by atoms with van der Waals surface area (Å²) in [7, 11) is -2.89. The summed E-state index contributed by atoms with van der Waals surface area (Å²) in [6.07, 6.45) is 1.81. The molecule has 0 saturated heterocycles. The van der Waals surface area contributed by atoms with Crippen molar-refractivity contribution in [2.45, 2.75) is 6.42 Å². The maximum absolute atomic E-state index is 11.0. The van der Waals surface area contributed by atoms with Crippen molar-refractivity contribution in [1.29, 1.82) is 0 Å². The molecule has 0 heterocycles. The Balaban J connectivity index is 2.54. The van der Waals surface area contributed by atoms with Gasteiger partial charge in [-0.3, -0.25) is 0 Å². The van der Waals surface area contributed by atoms with Crippen LogP contribution in [0, 0.1) is 0 Å². The molecule has 0 saturated carbocycles. The lowest BCUT2D eigenvalue weighted by Crippen LogP contribution is -2.11. The zero-order valence-corrected chi connectivity index (χ0v) is 13.2. The van der Waals surface area contributed by atoms with E-state index in [2.05, 4.69) is 21.2 Å². The van der Waals surface area contributed by atoms with Gasteiger partial charge in [0.25, 0.3) is 0 Å². The van der Waals surface area contributed by atoms with Crippen molar-refractivity contribution >= 4 is 48.7 Å². The molecule has 18 heavy (non-hydrogen) atoms. The fraction of sp³-hybridized carbons (Fsp3) is 0.364. The van der Waals surface area contributed by atoms with Crippen LogP contribution < -0.4 is 11.1 Å². The maximum atomic E-state index is 11.0. The first-order valence-electron chi connectivity index (χ1n) is 5.30. The predicted molar refractivity (Wildman–Crippen MR) is 82.8 cm³/mol. The Labute approximate surface area is 121 Å². The molecule has 1 rings (SSSR count). The van der Waals surface area contributed by atoms with Crippen molar-refractivity contribution in [3.8, 4) is 0 Å². The van der Waals surface area contributed by atoms with Gasteiger partial charge in [-0.1, -0.05) is 12.2 Å². The normalized spacial score (nSPS) is 11.2. The van der Waals surface area contributed by atoms with Crippen LogP contribution in [0.1, 0.15) is 12.0 Å². The Bertz CT molecular complexity index is 544. The Kier molecular flexibility index (Phi) is 5.55. The third kappa shape index (κ3) is 5.32. The van der Waals surface area contributed by atoms with Crippen molar-refractivity contribution in [2.24, 2.45) is 5.73 Å². The van der Waals surface area contributed by atoms with E-state index in [9.17, 15) is 8.42 Å². The van der Waals surface area contributed by atoms with Crippen LogP contribution in [0.4, 0.5) is 5.69 Å². The van der Waals surface area contributed by atoms with Gasteiger partial charge in [0.2, 0.25) is 0 Å². The van der Waals surface area contributed by atoms with Crippen LogP contribution in [0.15, 0.2) is 22.7 Å². The van der Waals surface area contributed by atoms with E-state index < -0.39 is 9.84 Å². The van der Waals surface area contributed by atoms with Crippen molar-refractivity contribution in [3.05, 3.63) is 28.2 Å². The Hall–Kier alpha value is -0.660. The molecule has 7 heteroatoms. The third-order valence-corrected chi connectivity index (χ3v) is 4.16. The van der Waals surface area contributed by atoms with Crippen molar-refractivity contribution in [1.82, 2.24) is 0 Å². The van der Waals surface area contributed by atoms with E-state index in [-0.39, 0.29) is 5.75 Å². The van der Waals surface area contributed by atoms with E-state index in [1.807, 2.05) is 18.2 Å².